The Morgan fingerprint density at radius 3 is 2.26 bits per heavy atom. The number of nitrogens with two attached hydrogens (primary N) is 1. The fourth-order valence-corrected chi connectivity index (χ4v) is 2.29. The van der Waals surface area contributed by atoms with Gasteiger partial charge in [-0.1, -0.05) is 46.5 Å². The molecule has 0 saturated heterocycles. The van der Waals surface area contributed by atoms with Gasteiger partial charge in [-0.15, -0.1) is 0 Å². The van der Waals surface area contributed by atoms with Gasteiger partial charge in [0.25, 0.3) is 0 Å². The molecule has 0 aliphatic rings. The third-order valence-corrected chi connectivity index (χ3v) is 3.93. The van der Waals surface area contributed by atoms with E-state index in [4.69, 9.17) is 10.5 Å². The lowest BCUT2D eigenvalue weighted by Gasteiger charge is -2.16. The molecule has 0 aliphatic carbocycles. The van der Waals surface area contributed by atoms with E-state index >= 15 is 0 Å². The molecule has 0 aliphatic heterocycles. The Labute approximate surface area is 119 Å². The highest BCUT2D eigenvalue weighted by Crippen LogP contribution is 2.16. The third kappa shape index (κ3) is 9.94. The van der Waals surface area contributed by atoms with Crippen LogP contribution in [-0.4, -0.2) is 19.1 Å². The molecule has 19 heavy (non-hydrogen) atoms. The van der Waals surface area contributed by atoms with Crippen LogP contribution in [0.25, 0.3) is 0 Å². The van der Waals surface area contributed by atoms with Crippen molar-refractivity contribution in [3.05, 3.63) is 0 Å². The number of unbranched alkanes of at least 4 members (excludes halogenated alkanes) is 1. The van der Waals surface area contributed by atoms with Crippen LogP contribution in [0.15, 0.2) is 0 Å². The largest absolute Gasteiger partial charge is 0.465 e. The minimum atomic E-state index is -0.0366. The van der Waals surface area contributed by atoms with Gasteiger partial charge in [-0.2, -0.15) is 0 Å². The Bertz CT molecular complexity index is 219. The van der Waals surface area contributed by atoms with E-state index < -0.39 is 0 Å². The SMILES string of the molecule is CCCCC(CC)COC(=O)CCC(CC)CCN. The van der Waals surface area contributed by atoms with Gasteiger partial charge < -0.3 is 10.5 Å². The predicted molar refractivity (Wildman–Crippen MR) is 81.0 cm³/mol. The van der Waals surface area contributed by atoms with Crippen LogP contribution in [0.1, 0.15) is 72.1 Å². The molecule has 0 aromatic carbocycles. The maximum atomic E-state index is 11.7. The lowest BCUT2D eigenvalue weighted by atomic mass is 9.97. The number of carbonyl (C=O) groups excluding carboxylic acids is 1. The first-order valence-corrected chi connectivity index (χ1v) is 8.03. The maximum Gasteiger partial charge on any atom is 0.305 e. The zero-order valence-electron chi connectivity index (χ0n) is 13.1. The summed E-state index contributed by atoms with van der Waals surface area (Å²) in [5.41, 5.74) is 5.56. The number of hydrogen-bond donors (Lipinski definition) is 1. The fraction of sp³-hybridized carbons (Fsp3) is 0.938. The van der Waals surface area contributed by atoms with Crippen LogP contribution in [0.2, 0.25) is 0 Å². The molecule has 0 spiro atoms. The van der Waals surface area contributed by atoms with E-state index in [0.29, 0.717) is 31.4 Å². The number of hydrogen-bond acceptors (Lipinski definition) is 3. The van der Waals surface area contributed by atoms with Gasteiger partial charge in [0, 0.05) is 6.42 Å². The molecule has 0 bridgehead atoms. The van der Waals surface area contributed by atoms with Crippen molar-refractivity contribution >= 4 is 5.97 Å². The van der Waals surface area contributed by atoms with Crippen LogP contribution < -0.4 is 5.73 Å². The van der Waals surface area contributed by atoms with Crippen LogP contribution in [0.4, 0.5) is 0 Å². The van der Waals surface area contributed by atoms with Crippen molar-refractivity contribution in [3.63, 3.8) is 0 Å². The Morgan fingerprint density at radius 2 is 1.74 bits per heavy atom. The monoisotopic (exact) mass is 271 g/mol. The summed E-state index contributed by atoms with van der Waals surface area (Å²) in [7, 11) is 0. The lowest BCUT2D eigenvalue weighted by molar-refractivity contribution is -0.145. The third-order valence-electron chi connectivity index (χ3n) is 3.93. The summed E-state index contributed by atoms with van der Waals surface area (Å²) in [5.74, 6) is 1.07. The van der Waals surface area contributed by atoms with Crippen LogP contribution in [0.3, 0.4) is 0 Å². The highest BCUT2D eigenvalue weighted by atomic mass is 16.5. The first-order chi connectivity index (χ1) is 9.17. The Hall–Kier alpha value is -0.570. The maximum absolute atomic E-state index is 11.7. The van der Waals surface area contributed by atoms with Crippen molar-refractivity contribution in [2.45, 2.75) is 72.1 Å². The van der Waals surface area contributed by atoms with Gasteiger partial charge in [-0.05, 0) is 37.6 Å². The zero-order chi connectivity index (χ0) is 14.5. The Kier molecular flexibility index (Phi) is 12.1. The highest BCUT2D eigenvalue weighted by molar-refractivity contribution is 5.69. The molecule has 0 aromatic heterocycles. The second-order valence-corrected chi connectivity index (χ2v) is 5.49. The zero-order valence-corrected chi connectivity index (χ0v) is 13.1. The number of rotatable bonds is 12. The summed E-state index contributed by atoms with van der Waals surface area (Å²) in [5, 5.41) is 0. The van der Waals surface area contributed by atoms with E-state index in [1.807, 2.05) is 0 Å². The normalized spacial score (nSPS) is 14.1. The first-order valence-electron chi connectivity index (χ1n) is 8.03. The standard InChI is InChI=1S/C16H33NO2/c1-4-7-8-15(6-3)13-19-16(18)10-9-14(5-2)11-12-17/h14-15H,4-13,17H2,1-3H3. The van der Waals surface area contributed by atoms with Crippen molar-refractivity contribution in [1.29, 1.82) is 0 Å². The number of carbonyl (C=O) groups is 1. The average molecular weight is 271 g/mol. The quantitative estimate of drug-likeness (QED) is 0.548. The van der Waals surface area contributed by atoms with Crippen LogP contribution >= 0.6 is 0 Å². The molecule has 2 atom stereocenters. The van der Waals surface area contributed by atoms with Crippen molar-refractivity contribution in [3.8, 4) is 0 Å². The molecule has 2 N–H and O–H groups in total. The van der Waals surface area contributed by atoms with Gasteiger partial charge in [0.05, 0.1) is 6.61 Å². The van der Waals surface area contributed by atoms with Gasteiger partial charge in [0.15, 0.2) is 0 Å². The van der Waals surface area contributed by atoms with Crippen LogP contribution in [0, 0.1) is 11.8 Å². The van der Waals surface area contributed by atoms with E-state index in [9.17, 15) is 4.79 Å². The van der Waals surface area contributed by atoms with E-state index in [1.165, 1.54) is 19.3 Å². The van der Waals surface area contributed by atoms with E-state index in [-0.39, 0.29) is 5.97 Å². The second-order valence-electron chi connectivity index (χ2n) is 5.49. The number of ether oxygens (including phenoxy) is 1. The van der Waals surface area contributed by atoms with Gasteiger partial charge >= 0.3 is 5.97 Å². The van der Waals surface area contributed by atoms with Crippen molar-refractivity contribution in [1.82, 2.24) is 0 Å². The minimum absolute atomic E-state index is 0.0366. The summed E-state index contributed by atoms with van der Waals surface area (Å²) in [6.45, 7) is 7.83. The first kappa shape index (κ1) is 18.4. The Morgan fingerprint density at radius 1 is 1.05 bits per heavy atom. The molecule has 0 radical (unpaired) electrons. The number of esters is 1. The molecule has 0 heterocycles. The molecule has 0 saturated carbocycles. The van der Waals surface area contributed by atoms with Crippen molar-refractivity contribution in [2.75, 3.05) is 13.2 Å². The van der Waals surface area contributed by atoms with Crippen molar-refractivity contribution < 1.29 is 9.53 Å². The van der Waals surface area contributed by atoms with Gasteiger partial charge in [0.2, 0.25) is 0 Å². The van der Waals surface area contributed by atoms with E-state index in [0.717, 1.165) is 25.7 Å². The molecular weight excluding hydrogens is 238 g/mol. The summed E-state index contributed by atoms with van der Waals surface area (Å²) >= 11 is 0. The molecule has 0 amide bonds. The molecule has 0 aromatic rings. The molecule has 0 rings (SSSR count). The average Bonchev–Trinajstić information content (AvgIpc) is 2.43. The molecule has 3 nitrogen and oxygen atoms in total. The smallest absolute Gasteiger partial charge is 0.305 e. The molecular formula is C16H33NO2. The van der Waals surface area contributed by atoms with Crippen LogP contribution in [0.5, 0.6) is 0 Å². The second kappa shape index (κ2) is 12.5. The van der Waals surface area contributed by atoms with Crippen LogP contribution in [-0.2, 0) is 9.53 Å². The molecule has 114 valence electrons. The van der Waals surface area contributed by atoms with Gasteiger partial charge in [0.1, 0.15) is 0 Å². The summed E-state index contributed by atoms with van der Waals surface area (Å²) in [6, 6.07) is 0. The summed E-state index contributed by atoms with van der Waals surface area (Å²) in [4.78, 5) is 11.7. The van der Waals surface area contributed by atoms with Gasteiger partial charge in [-0.25, -0.2) is 0 Å². The summed E-state index contributed by atoms with van der Waals surface area (Å²) in [6.07, 6.45) is 8.27. The van der Waals surface area contributed by atoms with E-state index in [2.05, 4.69) is 20.8 Å². The topological polar surface area (TPSA) is 52.3 Å². The fourth-order valence-electron chi connectivity index (χ4n) is 2.29. The molecule has 0 fully saturated rings. The highest BCUT2D eigenvalue weighted by Gasteiger charge is 2.12. The Balaban J connectivity index is 3.77. The summed E-state index contributed by atoms with van der Waals surface area (Å²) < 4.78 is 5.39. The van der Waals surface area contributed by atoms with E-state index in [1.54, 1.807) is 0 Å². The minimum Gasteiger partial charge on any atom is -0.465 e. The van der Waals surface area contributed by atoms with Gasteiger partial charge in [-0.3, -0.25) is 4.79 Å². The van der Waals surface area contributed by atoms with Crippen molar-refractivity contribution in [2.24, 2.45) is 17.6 Å². The molecule has 2 unspecified atom stereocenters. The predicted octanol–water partition coefficient (Wildman–Crippen LogP) is 3.90. The lowest BCUT2D eigenvalue weighted by Crippen LogP contribution is -2.15. The molecule has 3 heteroatoms.